The Morgan fingerprint density at radius 3 is 2.55 bits per heavy atom. The number of hydrogen-bond acceptors (Lipinski definition) is 4. The summed E-state index contributed by atoms with van der Waals surface area (Å²) < 4.78 is 0. The van der Waals surface area contributed by atoms with Crippen LogP contribution in [0.4, 0.5) is 0 Å². The van der Waals surface area contributed by atoms with Crippen LogP contribution in [0.2, 0.25) is 0 Å². The van der Waals surface area contributed by atoms with Crippen LogP contribution in [0.15, 0.2) is 5.10 Å². The predicted molar refractivity (Wildman–Crippen MR) is 48.0 cm³/mol. The molecule has 0 amide bonds. The molecule has 1 aromatic rings. The standard InChI is InChI=1S/C7H11N3S/c1-4(10-8)7-5(2)11-6(3)9-7/h8H2,1-3H3/b10-4+. The molecule has 0 saturated heterocycles. The molecular weight excluding hydrogens is 158 g/mol. The van der Waals surface area contributed by atoms with Crippen molar-refractivity contribution in [2.45, 2.75) is 20.8 Å². The zero-order valence-corrected chi connectivity index (χ0v) is 7.70. The van der Waals surface area contributed by atoms with Crippen LogP contribution in [0, 0.1) is 13.8 Å². The lowest BCUT2D eigenvalue weighted by molar-refractivity contribution is 1.19. The summed E-state index contributed by atoms with van der Waals surface area (Å²) in [4.78, 5) is 5.46. The van der Waals surface area contributed by atoms with Crippen molar-refractivity contribution in [3.05, 3.63) is 15.6 Å². The Morgan fingerprint density at radius 2 is 2.18 bits per heavy atom. The molecule has 0 aliphatic heterocycles. The van der Waals surface area contributed by atoms with Gasteiger partial charge in [0.25, 0.3) is 0 Å². The highest BCUT2D eigenvalue weighted by Crippen LogP contribution is 2.16. The molecular formula is C7H11N3S. The van der Waals surface area contributed by atoms with Gasteiger partial charge in [-0.15, -0.1) is 11.3 Å². The van der Waals surface area contributed by atoms with Crippen LogP contribution in [0.3, 0.4) is 0 Å². The molecule has 4 heteroatoms. The molecule has 0 radical (unpaired) electrons. The molecule has 11 heavy (non-hydrogen) atoms. The first-order valence-corrected chi connectivity index (χ1v) is 4.15. The Balaban J connectivity index is 3.13. The minimum atomic E-state index is 0.798. The molecule has 3 nitrogen and oxygen atoms in total. The number of rotatable bonds is 1. The van der Waals surface area contributed by atoms with Gasteiger partial charge in [0.05, 0.1) is 10.7 Å². The number of hydrogen-bond donors (Lipinski definition) is 1. The fraction of sp³-hybridized carbons (Fsp3) is 0.429. The molecule has 0 bridgehead atoms. The first-order valence-electron chi connectivity index (χ1n) is 3.34. The monoisotopic (exact) mass is 169 g/mol. The van der Waals surface area contributed by atoms with Crippen molar-refractivity contribution in [3.63, 3.8) is 0 Å². The van der Waals surface area contributed by atoms with E-state index in [4.69, 9.17) is 5.84 Å². The van der Waals surface area contributed by atoms with Crippen LogP contribution in [-0.4, -0.2) is 10.7 Å². The Morgan fingerprint density at radius 1 is 1.55 bits per heavy atom. The van der Waals surface area contributed by atoms with Crippen LogP contribution in [0.25, 0.3) is 0 Å². The van der Waals surface area contributed by atoms with Crippen molar-refractivity contribution in [1.82, 2.24) is 4.98 Å². The van der Waals surface area contributed by atoms with Crippen LogP contribution >= 0.6 is 11.3 Å². The molecule has 0 unspecified atom stereocenters. The van der Waals surface area contributed by atoms with Crippen molar-refractivity contribution in [3.8, 4) is 0 Å². The molecule has 1 aromatic heterocycles. The molecule has 0 aromatic carbocycles. The fourth-order valence-corrected chi connectivity index (χ4v) is 1.80. The van der Waals surface area contributed by atoms with Gasteiger partial charge in [-0.2, -0.15) is 5.10 Å². The molecule has 0 aliphatic carbocycles. The number of aromatic nitrogens is 1. The van der Waals surface area contributed by atoms with Gasteiger partial charge in [-0.3, -0.25) is 0 Å². The number of nitrogens with two attached hydrogens (primary N) is 1. The summed E-state index contributed by atoms with van der Waals surface area (Å²) in [7, 11) is 0. The van der Waals surface area contributed by atoms with Gasteiger partial charge in [0.15, 0.2) is 0 Å². The first-order chi connectivity index (χ1) is 5.15. The molecule has 2 N–H and O–H groups in total. The van der Waals surface area contributed by atoms with Crippen LogP contribution in [0.5, 0.6) is 0 Å². The van der Waals surface area contributed by atoms with E-state index < -0.39 is 0 Å². The zero-order valence-electron chi connectivity index (χ0n) is 6.88. The molecule has 1 rings (SSSR count). The molecule has 60 valence electrons. The number of nitrogens with zero attached hydrogens (tertiary/aromatic N) is 2. The summed E-state index contributed by atoms with van der Waals surface area (Å²) in [5, 5.41) is 4.65. The second kappa shape index (κ2) is 3.00. The van der Waals surface area contributed by atoms with Crippen molar-refractivity contribution < 1.29 is 0 Å². The summed E-state index contributed by atoms with van der Waals surface area (Å²) in [5.74, 6) is 5.13. The lowest BCUT2D eigenvalue weighted by Gasteiger charge is -1.92. The van der Waals surface area contributed by atoms with Gasteiger partial charge in [-0.25, -0.2) is 4.98 Å². The van der Waals surface area contributed by atoms with Gasteiger partial charge in [0.1, 0.15) is 5.69 Å². The summed E-state index contributed by atoms with van der Waals surface area (Å²) in [6, 6.07) is 0. The molecule has 0 aliphatic rings. The fourth-order valence-electron chi connectivity index (χ4n) is 0.926. The Bertz CT molecular complexity index is 288. The third kappa shape index (κ3) is 1.57. The van der Waals surface area contributed by atoms with E-state index in [9.17, 15) is 0 Å². The molecule has 0 saturated carbocycles. The van der Waals surface area contributed by atoms with Crippen molar-refractivity contribution >= 4 is 17.0 Å². The minimum Gasteiger partial charge on any atom is -0.323 e. The van der Waals surface area contributed by atoms with E-state index in [0.717, 1.165) is 16.4 Å². The van der Waals surface area contributed by atoms with Crippen molar-refractivity contribution in [1.29, 1.82) is 0 Å². The summed E-state index contributed by atoms with van der Waals surface area (Å²) in [6.07, 6.45) is 0. The van der Waals surface area contributed by atoms with E-state index in [0.29, 0.717) is 0 Å². The third-order valence-electron chi connectivity index (χ3n) is 1.44. The molecule has 0 fully saturated rings. The lowest BCUT2D eigenvalue weighted by atomic mass is 10.3. The van der Waals surface area contributed by atoms with Gasteiger partial charge in [0.2, 0.25) is 0 Å². The SMILES string of the molecule is C/C(=N\N)c1nc(C)sc1C. The first kappa shape index (κ1) is 8.20. The van der Waals surface area contributed by atoms with E-state index in [1.165, 1.54) is 4.88 Å². The van der Waals surface area contributed by atoms with Crippen molar-refractivity contribution in [2.75, 3.05) is 0 Å². The number of thiazole rings is 1. The minimum absolute atomic E-state index is 0.798. The second-order valence-electron chi connectivity index (χ2n) is 2.35. The Kier molecular flexibility index (Phi) is 2.24. The van der Waals surface area contributed by atoms with Crippen LogP contribution in [0.1, 0.15) is 22.5 Å². The van der Waals surface area contributed by atoms with Gasteiger partial charge in [-0.05, 0) is 20.8 Å². The van der Waals surface area contributed by atoms with E-state index in [1.807, 2.05) is 20.8 Å². The Hall–Kier alpha value is -0.900. The Labute approximate surface area is 70.0 Å². The van der Waals surface area contributed by atoms with Gasteiger partial charge in [0, 0.05) is 4.88 Å². The average molecular weight is 169 g/mol. The smallest absolute Gasteiger partial charge is 0.100 e. The highest BCUT2D eigenvalue weighted by atomic mass is 32.1. The number of hydrazone groups is 1. The highest BCUT2D eigenvalue weighted by Gasteiger charge is 2.06. The molecule has 0 atom stereocenters. The second-order valence-corrected chi connectivity index (χ2v) is 3.76. The normalized spacial score (nSPS) is 12.1. The maximum Gasteiger partial charge on any atom is 0.100 e. The zero-order chi connectivity index (χ0) is 8.43. The highest BCUT2D eigenvalue weighted by molar-refractivity contribution is 7.11. The lowest BCUT2D eigenvalue weighted by Crippen LogP contribution is -2.00. The summed E-state index contributed by atoms with van der Waals surface area (Å²) >= 11 is 1.67. The number of aryl methyl sites for hydroxylation is 2. The topological polar surface area (TPSA) is 51.3 Å². The average Bonchev–Trinajstić information content (AvgIpc) is 2.28. The summed E-state index contributed by atoms with van der Waals surface area (Å²) in [6.45, 7) is 5.86. The van der Waals surface area contributed by atoms with Crippen LogP contribution in [-0.2, 0) is 0 Å². The van der Waals surface area contributed by atoms with E-state index in [2.05, 4.69) is 10.1 Å². The van der Waals surface area contributed by atoms with Crippen molar-refractivity contribution in [2.24, 2.45) is 10.9 Å². The maximum absolute atomic E-state index is 5.13. The molecule has 1 heterocycles. The van der Waals surface area contributed by atoms with Crippen LogP contribution < -0.4 is 5.84 Å². The van der Waals surface area contributed by atoms with E-state index in [1.54, 1.807) is 11.3 Å². The largest absolute Gasteiger partial charge is 0.323 e. The third-order valence-corrected chi connectivity index (χ3v) is 2.33. The summed E-state index contributed by atoms with van der Waals surface area (Å²) in [5.41, 5.74) is 1.72. The van der Waals surface area contributed by atoms with E-state index in [-0.39, 0.29) is 0 Å². The maximum atomic E-state index is 5.13. The predicted octanol–water partition coefficient (Wildman–Crippen LogP) is 1.44. The van der Waals surface area contributed by atoms with Gasteiger partial charge >= 0.3 is 0 Å². The van der Waals surface area contributed by atoms with E-state index >= 15 is 0 Å². The quantitative estimate of drug-likeness (QED) is 0.393. The van der Waals surface area contributed by atoms with Gasteiger partial charge in [-0.1, -0.05) is 0 Å². The van der Waals surface area contributed by atoms with Gasteiger partial charge < -0.3 is 5.84 Å². The molecule has 0 spiro atoms.